The van der Waals surface area contributed by atoms with Crippen LogP contribution in [0.3, 0.4) is 0 Å². The van der Waals surface area contributed by atoms with E-state index in [0.29, 0.717) is 6.54 Å². The van der Waals surface area contributed by atoms with Gasteiger partial charge in [-0.2, -0.15) is 0 Å². The minimum Gasteiger partial charge on any atom is -0.353 e. The van der Waals surface area contributed by atoms with Gasteiger partial charge >= 0.3 is 5.69 Å². The van der Waals surface area contributed by atoms with E-state index in [1.54, 1.807) is 16.3 Å². The zero-order valence-electron chi connectivity index (χ0n) is 9.85. The topological polar surface area (TPSA) is 69.1 Å². The molecular weight excluding hydrogens is 242 g/mol. The van der Waals surface area contributed by atoms with Gasteiger partial charge in [0.2, 0.25) is 0 Å². The Bertz CT molecular complexity index is 398. The number of thioether (sulfide) groups is 1. The summed E-state index contributed by atoms with van der Waals surface area (Å²) in [5.74, 6) is 0.828. The molecule has 1 aliphatic heterocycles. The van der Waals surface area contributed by atoms with Gasteiger partial charge in [-0.25, -0.2) is 9.89 Å². The molecule has 0 amide bonds. The van der Waals surface area contributed by atoms with Gasteiger partial charge in [-0.1, -0.05) is 11.8 Å². The van der Waals surface area contributed by atoms with Gasteiger partial charge in [0.25, 0.3) is 0 Å². The highest BCUT2D eigenvalue weighted by Gasteiger charge is 2.14. The molecule has 2 rings (SSSR count). The molecule has 0 aromatic carbocycles. The summed E-state index contributed by atoms with van der Waals surface area (Å²) in [7, 11) is 0. The average Bonchev–Trinajstić information content (AvgIpc) is 2.71. The summed E-state index contributed by atoms with van der Waals surface area (Å²) >= 11 is 1.55. The molecule has 0 saturated carbocycles. The Kier molecular flexibility index (Phi) is 4.64. The standard InChI is InChI=1S/C10H17N3O3S/c1-2-13-9(14)11-12-10(13)17-7-4-8-15-5-3-6-16-8/h8H,2-7H2,1H3,(H,11,14). The number of ether oxygens (including phenoxy) is 2. The number of rotatable bonds is 5. The Morgan fingerprint density at radius 1 is 1.53 bits per heavy atom. The van der Waals surface area contributed by atoms with Crippen molar-refractivity contribution in [1.82, 2.24) is 14.8 Å². The third kappa shape index (κ3) is 3.34. The first-order valence-electron chi connectivity index (χ1n) is 5.82. The Morgan fingerprint density at radius 3 is 3.00 bits per heavy atom. The molecule has 1 N–H and O–H groups in total. The van der Waals surface area contributed by atoms with Crippen molar-refractivity contribution in [2.24, 2.45) is 0 Å². The maximum atomic E-state index is 11.3. The number of nitrogens with one attached hydrogen (secondary N) is 1. The monoisotopic (exact) mass is 259 g/mol. The summed E-state index contributed by atoms with van der Waals surface area (Å²) in [4.78, 5) is 11.3. The van der Waals surface area contributed by atoms with Crippen LogP contribution in [0, 0.1) is 0 Å². The van der Waals surface area contributed by atoms with E-state index in [0.717, 1.165) is 37.0 Å². The first-order valence-corrected chi connectivity index (χ1v) is 6.81. The van der Waals surface area contributed by atoms with Crippen LogP contribution < -0.4 is 5.69 Å². The van der Waals surface area contributed by atoms with Gasteiger partial charge in [0.15, 0.2) is 11.4 Å². The highest BCUT2D eigenvalue weighted by molar-refractivity contribution is 7.99. The predicted molar refractivity (Wildman–Crippen MR) is 64.2 cm³/mol. The van der Waals surface area contributed by atoms with Crippen LogP contribution in [-0.2, 0) is 16.0 Å². The second-order valence-electron chi connectivity index (χ2n) is 3.72. The van der Waals surface area contributed by atoms with E-state index in [9.17, 15) is 4.79 Å². The molecule has 96 valence electrons. The smallest absolute Gasteiger partial charge is 0.343 e. The predicted octanol–water partition coefficient (Wildman–Crippen LogP) is 0.836. The quantitative estimate of drug-likeness (QED) is 0.793. The number of hydrogen-bond acceptors (Lipinski definition) is 5. The number of aromatic nitrogens is 3. The normalized spacial score (nSPS) is 17.5. The van der Waals surface area contributed by atoms with Crippen LogP contribution in [0.4, 0.5) is 0 Å². The Hall–Kier alpha value is -0.790. The molecule has 7 heteroatoms. The van der Waals surface area contributed by atoms with E-state index in [2.05, 4.69) is 10.2 Å². The molecule has 2 heterocycles. The van der Waals surface area contributed by atoms with Crippen LogP contribution in [0.25, 0.3) is 0 Å². The van der Waals surface area contributed by atoms with Crippen LogP contribution in [0.5, 0.6) is 0 Å². The second kappa shape index (κ2) is 6.23. The van der Waals surface area contributed by atoms with Crippen molar-refractivity contribution in [3.05, 3.63) is 10.5 Å². The molecular formula is C10H17N3O3S. The zero-order chi connectivity index (χ0) is 12.1. The van der Waals surface area contributed by atoms with E-state index in [-0.39, 0.29) is 12.0 Å². The lowest BCUT2D eigenvalue weighted by Crippen LogP contribution is -2.25. The maximum Gasteiger partial charge on any atom is 0.343 e. The molecule has 0 spiro atoms. The Morgan fingerprint density at radius 2 is 2.29 bits per heavy atom. The molecule has 1 saturated heterocycles. The van der Waals surface area contributed by atoms with E-state index in [4.69, 9.17) is 9.47 Å². The van der Waals surface area contributed by atoms with Crippen molar-refractivity contribution in [3.63, 3.8) is 0 Å². The molecule has 1 aliphatic rings. The molecule has 1 fully saturated rings. The van der Waals surface area contributed by atoms with E-state index in [1.165, 1.54) is 0 Å². The second-order valence-corrected chi connectivity index (χ2v) is 4.78. The molecule has 6 nitrogen and oxygen atoms in total. The number of aromatic amines is 1. The molecule has 0 aliphatic carbocycles. The first-order chi connectivity index (χ1) is 8.31. The van der Waals surface area contributed by atoms with Crippen LogP contribution >= 0.6 is 11.8 Å². The fourth-order valence-electron chi connectivity index (χ4n) is 1.64. The van der Waals surface area contributed by atoms with Crippen LogP contribution in [0.2, 0.25) is 0 Å². The van der Waals surface area contributed by atoms with Crippen molar-refractivity contribution in [2.45, 2.75) is 37.8 Å². The maximum absolute atomic E-state index is 11.3. The van der Waals surface area contributed by atoms with Crippen molar-refractivity contribution in [1.29, 1.82) is 0 Å². The molecule has 0 atom stereocenters. The molecule has 0 unspecified atom stereocenters. The van der Waals surface area contributed by atoms with E-state index in [1.807, 2.05) is 6.92 Å². The Labute approximate surface area is 104 Å². The number of H-pyrrole nitrogens is 1. The average molecular weight is 259 g/mol. The summed E-state index contributed by atoms with van der Waals surface area (Å²) in [6, 6.07) is 0. The van der Waals surface area contributed by atoms with Crippen molar-refractivity contribution >= 4 is 11.8 Å². The summed E-state index contributed by atoms with van der Waals surface area (Å²) in [5.41, 5.74) is -0.153. The van der Waals surface area contributed by atoms with Gasteiger partial charge in [-0.3, -0.25) is 4.57 Å². The summed E-state index contributed by atoms with van der Waals surface area (Å²) < 4.78 is 12.5. The SMILES string of the molecule is CCn1c(SCCC2OCCCO2)n[nH]c1=O. The molecule has 17 heavy (non-hydrogen) atoms. The lowest BCUT2D eigenvalue weighted by Gasteiger charge is -2.22. The van der Waals surface area contributed by atoms with Crippen LogP contribution in [0.1, 0.15) is 19.8 Å². The largest absolute Gasteiger partial charge is 0.353 e. The van der Waals surface area contributed by atoms with Crippen molar-refractivity contribution in [2.75, 3.05) is 19.0 Å². The van der Waals surface area contributed by atoms with Gasteiger partial charge in [0, 0.05) is 18.7 Å². The zero-order valence-corrected chi connectivity index (χ0v) is 10.7. The lowest BCUT2D eigenvalue weighted by molar-refractivity contribution is -0.178. The third-order valence-corrected chi connectivity index (χ3v) is 3.53. The van der Waals surface area contributed by atoms with Gasteiger partial charge in [0.1, 0.15) is 0 Å². The van der Waals surface area contributed by atoms with Gasteiger partial charge in [-0.15, -0.1) is 5.10 Å². The van der Waals surface area contributed by atoms with E-state index >= 15 is 0 Å². The minimum atomic E-state index is -0.153. The van der Waals surface area contributed by atoms with Crippen LogP contribution in [-0.4, -0.2) is 40.0 Å². The molecule has 1 aromatic rings. The molecule has 0 bridgehead atoms. The summed E-state index contributed by atoms with van der Waals surface area (Å²) in [5, 5.41) is 7.16. The highest BCUT2D eigenvalue weighted by atomic mass is 32.2. The van der Waals surface area contributed by atoms with Crippen molar-refractivity contribution in [3.8, 4) is 0 Å². The summed E-state index contributed by atoms with van der Waals surface area (Å²) in [6.45, 7) is 4.11. The molecule has 1 aromatic heterocycles. The fraction of sp³-hybridized carbons (Fsp3) is 0.800. The molecule has 0 radical (unpaired) electrons. The number of hydrogen-bond donors (Lipinski definition) is 1. The van der Waals surface area contributed by atoms with Crippen molar-refractivity contribution < 1.29 is 9.47 Å². The lowest BCUT2D eigenvalue weighted by atomic mass is 10.4. The summed E-state index contributed by atoms with van der Waals surface area (Å²) in [6.07, 6.45) is 1.69. The van der Waals surface area contributed by atoms with Gasteiger partial charge < -0.3 is 9.47 Å². The van der Waals surface area contributed by atoms with E-state index < -0.39 is 0 Å². The number of nitrogens with zero attached hydrogens (tertiary/aromatic N) is 2. The fourth-order valence-corrected chi connectivity index (χ4v) is 2.61. The van der Waals surface area contributed by atoms with Gasteiger partial charge in [0.05, 0.1) is 13.2 Å². The highest BCUT2D eigenvalue weighted by Crippen LogP contribution is 2.17. The minimum absolute atomic E-state index is 0.100. The van der Waals surface area contributed by atoms with Crippen LogP contribution in [0.15, 0.2) is 9.95 Å². The van der Waals surface area contributed by atoms with Gasteiger partial charge in [-0.05, 0) is 13.3 Å². The third-order valence-electron chi connectivity index (χ3n) is 2.52. The Balaban J connectivity index is 1.79. The first kappa shape index (κ1) is 12.7.